The molecule has 4 rings (SSSR count). The van der Waals surface area contributed by atoms with Crippen LogP contribution in [0.5, 0.6) is 5.75 Å². The predicted molar refractivity (Wildman–Crippen MR) is 90.4 cm³/mol. The second-order valence-corrected chi connectivity index (χ2v) is 7.26. The summed E-state index contributed by atoms with van der Waals surface area (Å²) >= 11 is 1.42. The van der Waals surface area contributed by atoms with Crippen molar-refractivity contribution in [2.45, 2.75) is 38.5 Å². The largest absolute Gasteiger partial charge is 0.488 e. The lowest BCUT2D eigenvalue weighted by molar-refractivity contribution is -0.141. The predicted octanol–water partition coefficient (Wildman–Crippen LogP) is 3.39. The molecule has 0 spiro atoms. The van der Waals surface area contributed by atoms with Crippen LogP contribution in [-0.2, 0) is 11.4 Å². The first kappa shape index (κ1) is 15.2. The quantitative estimate of drug-likeness (QED) is 0.924. The Morgan fingerprint density at radius 1 is 1.33 bits per heavy atom. The zero-order valence-electron chi connectivity index (χ0n) is 13.2. The molecule has 1 aromatic heterocycles. The summed E-state index contributed by atoms with van der Waals surface area (Å²) in [4.78, 5) is 27.4. The van der Waals surface area contributed by atoms with Crippen LogP contribution in [0.4, 0.5) is 0 Å². The molecule has 0 saturated heterocycles. The molecule has 5 nitrogen and oxygen atoms in total. The molecule has 1 aliphatic carbocycles. The molecule has 1 aliphatic heterocycles. The van der Waals surface area contributed by atoms with Gasteiger partial charge in [-0.2, -0.15) is 0 Å². The maximum atomic E-state index is 12.9. The fourth-order valence-corrected chi connectivity index (χ4v) is 4.20. The van der Waals surface area contributed by atoms with Crippen LogP contribution in [0.3, 0.4) is 0 Å². The summed E-state index contributed by atoms with van der Waals surface area (Å²) in [6, 6.07) is 8.86. The van der Waals surface area contributed by atoms with E-state index in [-0.39, 0.29) is 11.9 Å². The van der Waals surface area contributed by atoms with Crippen molar-refractivity contribution in [3.63, 3.8) is 0 Å². The number of carboxylic acids is 1. The highest BCUT2D eigenvalue weighted by Gasteiger charge is 2.39. The van der Waals surface area contributed by atoms with Gasteiger partial charge < -0.3 is 14.7 Å². The Morgan fingerprint density at radius 3 is 2.79 bits per heavy atom. The van der Waals surface area contributed by atoms with Crippen molar-refractivity contribution < 1.29 is 19.4 Å². The number of aliphatic carboxylic acids is 1. The number of carbonyl (C=O) groups excluding carboxylic acids is 1. The van der Waals surface area contributed by atoms with Crippen LogP contribution in [0, 0.1) is 0 Å². The Labute approximate surface area is 143 Å². The van der Waals surface area contributed by atoms with Crippen molar-refractivity contribution in [3.8, 4) is 16.2 Å². The SMILES string of the molecule is CC(C(=O)O)N(C(=O)c1cc2c(s1)-c1ccccc1OC2)C1CC1. The molecule has 2 heterocycles. The van der Waals surface area contributed by atoms with Gasteiger partial charge in [-0.1, -0.05) is 12.1 Å². The van der Waals surface area contributed by atoms with Crippen molar-refractivity contribution in [2.24, 2.45) is 0 Å². The van der Waals surface area contributed by atoms with Crippen molar-refractivity contribution in [2.75, 3.05) is 0 Å². The number of hydrogen-bond acceptors (Lipinski definition) is 4. The normalized spacial score (nSPS) is 16.5. The summed E-state index contributed by atoms with van der Waals surface area (Å²) < 4.78 is 5.74. The first-order valence-corrected chi connectivity index (χ1v) is 8.78. The van der Waals surface area contributed by atoms with Crippen LogP contribution in [0.25, 0.3) is 10.4 Å². The summed E-state index contributed by atoms with van der Waals surface area (Å²) in [7, 11) is 0. The maximum Gasteiger partial charge on any atom is 0.326 e. The van der Waals surface area contributed by atoms with Crippen LogP contribution >= 0.6 is 11.3 Å². The minimum atomic E-state index is -0.967. The average molecular weight is 343 g/mol. The van der Waals surface area contributed by atoms with Gasteiger partial charge in [-0.25, -0.2) is 4.79 Å². The molecule has 1 unspecified atom stereocenters. The zero-order valence-corrected chi connectivity index (χ0v) is 14.0. The van der Waals surface area contributed by atoms with Gasteiger partial charge in [-0.05, 0) is 38.0 Å². The van der Waals surface area contributed by atoms with E-state index in [0.29, 0.717) is 11.5 Å². The van der Waals surface area contributed by atoms with E-state index >= 15 is 0 Å². The molecule has 24 heavy (non-hydrogen) atoms. The molecular weight excluding hydrogens is 326 g/mol. The molecule has 1 fully saturated rings. The number of nitrogens with zero attached hydrogens (tertiary/aromatic N) is 1. The summed E-state index contributed by atoms with van der Waals surface area (Å²) in [5, 5.41) is 9.31. The van der Waals surface area contributed by atoms with Crippen molar-refractivity contribution in [1.29, 1.82) is 0 Å². The van der Waals surface area contributed by atoms with Crippen molar-refractivity contribution in [1.82, 2.24) is 4.90 Å². The third kappa shape index (κ3) is 2.47. The lowest BCUT2D eigenvalue weighted by Gasteiger charge is -2.25. The Morgan fingerprint density at radius 2 is 2.08 bits per heavy atom. The van der Waals surface area contributed by atoms with Gasteiger partial charge in [0.25, 0.3) is 5.91 Å². The molecule has 2 aromatic rings. The molecule has 2 aliphatic rings. The fraction of sp³-hybridized carbons (Fsp3) is 0.333. The van der Waals surface area contributed by atoms with Crippen molar-refractivity contribution >= 4 is 23.2 Å². The highest BCUT2D eigenvalue weighted by atomic mass is 32.1. The number of para-hydroxylation sites is 1. The molecule has 0 radical (unpaired) electrons. The van der Waals surface area contributed by atoms with E-state index in [1.54, 1.807) is 6.92 Å². The first-order chi connectivity index (χ1) is 11.6. The number of hydrogen-bond donors (Lipinski definition) is 1. The third-order valence-corrected chi connectivity index (χ3v) is 5.68. The molecule has 1 amide bonds. The van der Waals surface area contributed by atoms with Gasteiger partial charge >= 0.3 is 5.97 Å². The Bertz CT molecular complexity index is 824. The van der Waals surface area contributed by atoms with E-state index in [4.69, 9.17) is 4.74 Å². The summed E-state index contributed by atoms with van der Waals surface area (Å²) in [6.07, 6.45) is 1.75. The monoisotopic (exact) mass is 343 g/mol. The number of fused-ring (bicyclic) bond motifs is 3. The molecular formula is C18H17NO4S. The second-order valence-electron chi connectivity index (χ2n) is 6.21. The Balaban J connectivity index is 1.70. The van der Waals surface area contributed by atoms with Crippen LogP contribution in [0.2, 0.25) is 0 Å². The van der Waals surface area contributed by atoms with Gasteiger partial charge in [0, 0.05) is 22.0 Å². The Hall–Kier alpha value is -2.34. The van der Waals surface area contributed by atoms with E-state index in [2.05, 4.69) is 0 Å². The van der Waals surface area contributed by atoms with Crippen LogP contribution < -0.4 is 4.74 Å². The molecule has 1 aromatic carbocycles. The molecule has 0 bridgehead atoms. The number of ether oxygens (including phenoxy) is 1. The summed E-state index contributed by atoms with van der Waals surface area (Å²) in [5.74, 6) is -0.335. The van der Waals surface area contributed by atoms with Crippen LogP contribution in [-0.4, -0.2) is 34.0 Å². The number of carbonyl (C=O) groups is 2. The van der Waals surface area contributed by atoms with E-state index in [0.717, 1.165) is 34.6 Å². The smallest absolute Gasteiger partial charge is 0.326 e. The standard InChI is InChI=1S/C18H17NO4S/c1-10(18(21)22)19(12-6-7-12)17(20)15-8-11-9-23-14-5-3-2-4-13(14)16(11)24-15/h2-5,8,10,12H,6-7,9H2,1H3,(H,21,22). The molecule has 1 atom stereocenters. The van der Waals surface area contributed by atoms with Gasteiger partial charge in [0.05, 0.1) is 4.88 Å². The molecule has 1 saturated carbocycles. The van der Waals surface area contributed by atoms with Gasteiger partial charge in [0.2, 0.25) is 0 Å². The van der Waals surface area contributed by atoms with E-state index < -0.39 is 12.0 Å². The van der Waals surface area contributed by atoms with Gasteiger partial charge in [-0.15, -0.1) is 11.3 Å². The summed E-state index contributed by atoms with van der Waals surface area (Å²) in [5.41, 5.74) is 1.98. The maximum absolute atomic E-state index is 12.9. The number of carboxylic acid groups (broad SMARTS) is 1. The minimum Gasteiger partial charge on any atom is -0.488 e. The molecule has 6 heteroatoms. The second kappa shape index (κ2) is 5.63. The number of rotatable bonds is 4. The van der Waals surface area contributed by atoms with E-state index in [1.165, 1.54) is 16.2 Å². The van der Waals surface area contributed by atoms with Crippen molar-refractivity contribution in [3.05, 3.63) is 40.8 Å². The van der Waals surface area contributed by atoms with Gasteiger partial charge in [0.15, 0.2) is 0 Å². The third-order valence-electron chi connectivity index (χ3n) is 4.48. The lowest BCUT2D eigenvalue weighted by atomic mass is 10.1. The summed E-state index contributed by atoms with van der Waals surface area (Å²) in [6.45, 7) is 2.01. The highest BCUT2D eigenvalue weighted by molar-refractivity contribution is 7.17. The topological polar surface area (TPSA) is 66.8 Å². The van der Waals surface area contributed by atoms with Crippen LogP contribution in [0.1, 0.15) is 35.0 Å². The van der Waals surface area contributed by atoms with E-state index in [9.17, 15) is 14.7 Å². The van der Waals surface area contributed by atoms with Crippen LogP contribution in [0.15, 0.2) is 30.3 Å². The zero-order chi connectivity index (χ0) is 16.8. The molecule has 1 N–H and O–H groups in total. The number of benzene rings is 1. The average Bonchev–Trinajstić information content (AvgIpc) is 3.31. The first-order valence-electron chi connectivity index (χ1n) is 7.96. The fourth-order valence-electron chi connectivity index (χ4n) is 3.06. The number of amides is 1. The highest BCUT2D eigenvalue weighted by Crippen LogP contribution is 2.43. The minimum absolute atomic E-state index is 0.0475. The van der Waals surface area contributed by atoms with E-state index in [1.807, 2.05) is 30.3 Å². The van der Waals surface area contributed by atoms with Gasteiger partial charge in [0.1, 0.15) is 18.4 Å². The molecule has 124 valence electrons. The Kier molecular flexibility index (Phi) is 3.57. The number of thiophene rings is 1. The van der Waals surface area contributed by atoms with Gasteiger partial charge in [-0.3, -0.25) is 4.79 Å². The lowest BCUT2D eigenvalue weighted by Crippen LogP contribution is -2.44.